The topological polar surface area (TPSA) is 88.2 Å². The molecular formula is C22H31N3O5. The second-order valence-corrected chi connectivity index (χ2v) is 8.74. The number of hydrogen-bond acceptors (Lipinski definition) is 5. The van der Waals surface area contributed by atoms with E-state index < -0.39 is 11.7 Å². The molecule has 2 fully saturated rings. The van der Waals surface area contributed by atoms with E-state index >= 15 is 0 Å². The van der Waals surface area contributed by atoms with E-state index in [1.165, 1.54) is 0 Å². The van der Waals surface area contributed by atoms with Gasteiger partial charge in [0, 0.05) is 37.4 Å². The molecule has 3 rings (SSSR count). The van der Waals surface area contributed by atoms with Crippen molar-refractivity contribution in [2.24, 2.45) is 5.92 Å². The highest BCUT2D eigenvalue weighted by atomic mass is 16.6. The molecule has 8 nitrogen and oxygen atoms in total. The number of nitrogens with one attached hydrogen (secondary N) is 1. The number of rotatable bonds is 3. The number of carbonyl (C=O) groups excluding carboxylic acids is 3. The third-order valence-corrected chi connectivity index (χ3v) is 5.12. The fourth-order valence-electron chi connectivity index (χ4n) is 3.61. The predicted molar refractivity (Wildman–Crippen MR) is 112 cm³/mol. The van der Waals surface area contributed by atoms with Crippen LogP contribution in [0.25, 0.3) is 0 Å². The molecule has 0 aromatic heterocycles. The van der Waals surface area contributed by atoms with Crippen LogP contribution in [0, 0.1) is 5.92 Å². The fourth-order valence-corrected chi connectivity index (χ4v) is 3.61. The van der Waals surface area contributed by atoms with Crippen molar-refractivity contribution < 1.29 is 23.9 Å². The Kier molecular flexibility index (Phi) is 6.97. The van der Waals surface area contributed by atoms with Crippen LogP contribution in [-0.2, 0) is 14.3 Å². The minimum absolute atomic E-state index is 0.0665. The number of hydrogen-bond donors (Lipinski definition) is 1. The zero-order chi connectivity index (χ0) is 21.7. The fraction of sp³-hybridized carbons (Fsp3) is 0.591. The van der Waals surface area contributed by atoms with Gasteiger partial charge in [-0.05, 0) is 51.8 Å². The van der Waals surface area contributed by atoms with Gasteiger partial charge in [0.05, 0.1) is 19.1 Å². The molecule has 1 aromatic carbocycles. The van der Waals surface area contributed by atoms with E-state index in [-0.39, 0.29) is 17.7 Å². The second kappa shape index (κ2) is 9.47. The summed E-state index contributed by atoms with van der Waals surface area (Å²) in [5, 5.41) is 2.90. The molecule has 8 heteroatoms. The van der Waals surface area contributed by atoms with Gasteiger partial charge in [-0.2, -0.15) is 0 Å². The Balaban J connectivity index is 1.60. The van der Waals surface area contributed by atoms with Crippen molar-refractivity contribution in [3.63, 3.8) is 0 Å². The van der Waals surface area contributed by atoms with Gasteiger partial charge in [0.15, 0.2) is 0 Å². The summed E-state index contributed by atoms with van der Waals surface area (Å²) in [7, 11) is 0. The van der Waals surface area contributed by atoms with Crippen LogP contribution in [0.5, 0.6) is 0 Å². The first-order chi connectivity index (χ1) is 14.2. The Morgan fingerprint density at radius 2 is 1.83 bits per heavy atom. The van der Waals surface area contributed by atoms with Crippen LogP contribution < -0.4 is 5.32 Å². The van der Waals surface area contributed by atoms with Gasteiger partial charge in [-0.3, -0.25) is 9.59 Å². The lowest BCUT2D eigenvalue weighted by atomic mass is 9.97. The first-order valence-corrected chi connectivity index (χ1v) is 10.5. The molecule has 2 heterocycles. The van der Waals surface area contributed by atoms with E-state index in [0.717, 1.165) is 6.42 Å². The van der Waals surface area contributed by atoms with Crippen LogP contribution >= 0.6 is 0 Å². The van der Waals surface area contributed by atoms with E-state index in [4.69, 9.17) is 9.47 Å². The van der Waals surface area contributed by atoms with Crippen LogP contribution in [0.4, 0.5) is 10.5 Å². The van der Waals surface area contributed by atoms with Gasteiger partial charge < -0.3 is 24.6 Å². The number of piperidine rings is 1. The Labute approximate surface area is 177 Å². The molecule has 3 amide bonds. The zero-order valence-electron chi connectivity index (χ0n) is 18.0. The Bertz CT molecular complexity index is 783. The van der Waals surface area contributed by atoms with Gasteiger partial charge in [0.1, 0.15) is 5.60 Å². The highest BCUT2D eigenvalue weighted by Gasteiger charge is 2.31. The van der Waals surface area contributed by atoms with Crippen molar-refractivity contribution >= 4 is 23.6 Å². The van der Waals surface area contributed by atoms with Gasteiger partial charge >= 0.3 is 6.09 Å². The Hall–Kier alpha value is -2.61. The third-order valence-electron chi connectivity index (χ3n) is 5.12. The number of ether oxygens (including phenoxy) is 2. The van der Waals surface area contributed by atoms with Gasteiger partial charge in [0.25, 0.3) is 5.91 Å². The number of carbonyl (C=O) groups is 3. The van der Waals surface area contributed by atoms with Gasteiger partial charge in [0.2, 0.25) is 5.91 Å². The van der Waals surface area contributed by atoms with E-state index in [9.17, 15) is 14.4 Å². The van der Waals surface area contributed by atoms with E-state index in [1.54, 1.807) is 34.1 Å². The summed E-state index contributed by atoms with van der Waals surface area (Å²) in [6.07, 6.45) is 1.06. The molecular weight excluding hydrogens is 386 g/mol. The van der Waals surface area contributed by atoms with Crippen molar-refractivity contribution in [2.75, 3.05) is 44.7 Å². The molecule has 0 spiro atoms. The lowest BCUT2D eigenvalue weighted by Gasteiger charge is -2.33. The molecule has 164 valence electrons. The smallest absolute Gasteiger partial charge is 0.410 e. The molecule has 0 saturated carbocycles. The Morgan fingerprint density at radius 1 is 1.10 bits per heavy atom. The summed E-state index contributed by atoms with van der Waals surface area (Å²) in [5.74, 6) is -0.535. The maximum absolute atomic E-state index is 12.8. The maximum atomic E-state index is 12.8. The summed E-state index contributed by atoms with van der Waals surface area (Å²) >= 11 is 0. The van der Waals surface area contributed by atoms with Crippen molar-refractivity contribution in [2.45, 2.75) is 39.2 Å². The standard InChI is InChI=1S/C22H31N3O5/c1-22(2,3)30-21(28)25-9-5-7-17(15-25)19(26)23-18-8-4-6-16(14-18)20(27)24-10-12-29-13-11-24/h4,6,8,14,17H,5,7,9-13,15H2,1-3H3,(H,23,26). The lowest BCUT2D eigenvalue weighted by molar-refractivity contribution is -0.121. The average molecular weight is 418 g/mol. The minimum Gasteiger partial charge on any atom is -0.444 e. The third kappa shape index (κ3) is 5.95. The molecule has 30 heavy (non-hydrogen) atoms. The maximum Gasteiger partial charge on any atom is 0.410 e. The predicted octanol–water partition coefficient (Wildman–Crippen LogP) is 2.74. The summed E-state index contributed by atoms with van der Waals surface area (Å²) in [6, 6.07) is 6.97. The van der Waals surface area contributed by atoms with Crippen molar-refractivity contribution in [1.82, 2.24) is 9.80 Å². The SMILES string of the molecule is CC(C)(C)OC(=O)N1CCCC(C(=O)Nc2cccc(C(=O)N3CCOCC3)c2)C1. The highest BCUT2D eigenvalue weighted by molar-refractivity contribution is 5.98. The number of benzene rings is 1. The molecule has 1 atom stereocenters. The molecule has 0 aliphatic carbocycles. The van der Waals surface area contributed by atoms with E-state index in [1.807, 2.05) is 20.8 Å². The van der Waals surface area contributed by atoms with Crippen LogP contribution in [-0.4, -0.2) is 72.7 Å². The number of anilines is 1. The summed E-state index contributed by atoms with van der Waals surface area (Å²) < 4.78 is 10.7. The molecule has 2 saturated heterocycles. The molecule has 1 aromatic rings. The first kappa shape index (κ1) is 22.1. The van der Waals surface area contributed by atoms with Crippen LogP contribution in [0.1, 0.15) is 44.0 Å². The van der Waals surface area contributed by atoms with E-state index in [0.29, 0.717) is 57.1 Å². The second-order valence-electron chi connectivity index (χ2n) is 8.74. The normalized spacial score (nSPS) is 19.9. The number of nitrogens with zero attached hydrogens (tertiary/aromatic N) is 2. The van der Waals surface area contributed by atoms with Crippen molar-refractivity contribution in [1.29, 1.82) is 0 Å². The van der Waals surface area contributed by atoms with E-state index in [2.05, 4.69) is 5.32 Å². The zero-order valence-corrected chi connectivity index (χ0v) is 18.0. The average Bonchev–Trinajstić information content (AvgIpc) is 2.73. The van der Waals surface area contributed by atoms with Crippen LogP contribution in [0.15, 0.2) is 24.3 Å². The van der Waals surface area contributed by atoms with Crippen LogP contribution in [0.3, 0.4) is 0 Å². The molecule has 1 N–H and O–H groups in total. The summed E-state index contributed by atoms with van der Waals surface area (Å²) in [6.45, 7) is 8.60. The molecule has 0 radical (unpaired) electrons. The van der Waals surface area contributed by atoms with Crippen LogP contribution in [0.2, 0.25) is 0 Å². The van der Waals surface area contributed by atoms with Crippen molar-refractivity contribution in [3.8, 4) is 0 Å². The van der Waals surface area contributed by atoms with Gasteiger partial charge in [-0.25, -0.2) is 4.79 Å². The minimum atomic E-state index is -0.570. The number of likely N-dealkylation sites (tertiary alicyclic amines) is 1. The highest BCUT2D eigenvalue weighted by Crippen LogP contribution is 2.22. The molecule has 2 aliphatic heterocycles. The molecule has 1 unspecified atom stereocenters. The summed E-state index contributed by atoms with van der Waals surface area (Å²) in [5.41, 5.74) is 0.543. The largest absolute Gasteiger partial charge is 0.444 e. The van der Waals surface area contributed by atoms with Gasteiger partial charge in [-0.1, -0.05) is 6.07 Å². The summed E-state index contributed by atoms with van der Waals surface area (Å²) in [4.78, 5) is 41.2. The number of amides is 3. The van der Waals surface area contributed by atoms with Crippen molar-refractivity contribution in [3.05, 3.63) is 29.8 Å². The lowest BCUT2D eigenvalue weighted by Crippen LogP contribution is -2.45. The molecule has 0 bridgehead atoms. The first-order valence-electron chi connectivity index (χ1n) is 10.5. The monoisotopic (exact) mass is 417 g/mol. The Morgan fingerprint density at radius 3 is 2.53 bits per heavy atom. The number of morpholine rings is 1. The molecule has 2 aliphatic rings. The van der Waals surface area contributed by atoms with Gasteiger partial charge in [-0.15, -0.1) is 0 Å². The quantitative estimate of drug-likeness (QED) is 0.817.